The van der Waals surface area contributed by atoms with Crippen molar-refractivity contribution in [2.75, 3.05) is 0 Å². The van der Waals surface area contributed by atoms with Crippen LogP contribution >= 0.6 is 31.9 Å². The highest BCUT2D eigenvalue weighted by Crippen LogP contribution is 2.17. The van der Waals surface area contributed by atoms with Crippen molar-refractivity contribution in [3.8, 4) is 0 Å². The summed E-state index contributed by atoms with van der Waals surface area (Å²) in [5.41, 5.74) is 1.74. The monoisotopic (exact) mass is 381 g/mol. The average molecular weight is 383 g/mol. The van der Waals surface area contributed by atoms with Gasteiger partial charge in [-0.2, -0.15) is 0 Å². The van der Waals surface area contributed by atoms with Crippen molar-refractivity contribution in [1.29, 1.82) is 0 Å². The van der Waals surface area contributed by atoms with E-state index in [2.05, 4.69) is 37.2 Å². The minimum Gasteiger partial charge on any atom is -0.346 e. The van der Waals surface area contributed by atoms with Crippen LogP contribution in [0.4, 0.5) is 0 Å². The summed E-state index contributed by atoms with van der Waals surface area (Å²) in [6.45, 7) is 1.97. The van der Waals surface area contributed by atoms with Gasteiger partial charge in [0, 0.05) is 14.5 Å². The third-order valence-corrected chi connectivity index (χ3v) is 3.88. The Morgan fingerprint density at radius 3 is 1.95 bits per heavy atom. The Balaban J connectivity index is 2.06. The van der Waals surface area contributed by atoms with Crippen LogP contribution in [-0.2, 0) is 0 Å². The van der Waals surface area contributed by atoms with Crippen molar-refractivity contribution in [3.63, 3.8) is 0 Å². The molecule has 1 amide bonds. The van der Waals surface area contributed by atoms with Crippen molar-refractivity contribution in [2.24, 2.45) is 0 Å². The van der Waals surface area contributed by atoms with Gasteiger partial charge < -0.3 is 5.32 Å². The standard InChI is InChI=1S/C15H13Br2NO/c1-10(11-2-6-13(16)7-3-11)18-15(19)12-4-8-14(17)9-5-12/h2-10H,1H3,(H,18,19). The molecule has 2 nitrogen and oxygen atoms in total. The molecule has 0 spiro atoms. The molecule has 0 bridgehead atoms. The van der Waals surface area contributed by atoms with Gasteiger partial charge in [0.15, 0.2) is 0 Å². The maximum absolute atomic E-state index is 12.1. The van der Waals surface area contributed by atoms with Gasteiger partial charge in [-0.05, 0) is 48.9 Å². The Morgan fingerprint density at radius 1 is 0.947 bits per heavy atom. The van der Waals surface area contributed by atoms with Crippen LogP contribution < -0.4 is 5.32 Å². The molecule has 0 heterocycles. The van der Waals surface area contributed by atoms with Crippen molar-refractivity contribution < 1.29 is 4.79 Å². The summed E-state index contributed by atoms with van der Waals surface area (Å²) in [7, 11) is 0. The lowest BCUT2D eigenvalue weighted by atomic mass is 10.1. The second-order valence-electron chi connectivity index (χ2n) is 4.25. The van der Waals surface area contributed by atoms with Gasteiger partial charge in [0.2, 0.25) is 0 Å². The molecule has 1 N–H and O–H groups in total. The first-order valence-corrected chi connectivity index (χ1v) is 7.47. The smallest absolute Gasteiger partial charge is 0.251 e. The van der Waals surface area contributed by atoms with E-state index in [0.29, 0.717) is 5.56 Å². The van der Waals surface area contributed by atoms with Gasteiger partial charge >= 0.3 is 0 Å². The van der Waals surface area contributed by atoms with E-state index in [0.717, 1.165) is 14.5 Å². The van der Waals surface area contributed by atoms with Crippen molar-refractivity contribution in [1.82, 2.24) is 5.32 Å². The van der Waals surface area contributed by atoms with Crippen LogP contribution in [0.3, 0.4) is 0 Å². The van der Waals surface area contributed by atoms with Gasteiger partial charge in [0.1, 0.15) is 0 Å². The molecular weight excluding hydrogens is 370 g/mol. The van der Waals surface area contributed by atoms with E-state index in [1.54, 1.807) is 12.1 Å². The molecule has 0 aliphatic rings. The number of hydrogen-bond donors (Lipinski definition) is 1. The summed E-state index contributed by atoms with van der Waals surface area (Å²) in [5, 5.41) is 2.98. The van der Waals surface area contributed by atoms with E-state index in [-0.39, 0.29) is 11.9 Å². The Bertz CT molecular complexity index is 564. The zero-order valence-corrected chi connectivity index (χ0v) is 13.5. The first-order chi connectivity index (χ1) is 9.06. The van der Waals surface area contributed by atoms with Crippen LogP contribution in [0.2, 0.25) is 0 Å². The first-order valence-electron chi connectivity index (χ1n) is 5.88. The molecule has 0 aromatic heterocycles. The number of halogens is 2. The lowest BCUT2D eigenvalue weighted by molar-refractivity contribution is 0.0940. The molecule has 0 radical (unpaired) electrons. The van der Waals surface area contributed by atoms with Crippen LogP contribution in [0.5, 0.6) is 0 Å². The minimum atomic E-state index is -0.0667. The Labute approximate surface area is 129 Å². The van der Waals surface area contributed by atoms with Crippen LogP contribution in [0, 0.1) is 0 Å². The molecule has 19 heavy (non-hydrogen) atoms. The van der Waals surface area contributed by atoms with E-state index in [1.165, 1.54) is 0 Å². The third-order valence-electron chi connectivity index (χ3n) is 2.82. The quantitative estimate of drug-likeness (QED) is 0.818. The van der Waals surface area contributed by atoms with Gasteiger partial charge in [-0.1, -0.05) is 44.0 Å². The molecule has 4 heteroatoms. The summed E-state index contributed by atoms with van der Waals surface area (Å²) in [5.74, 6) is -0.0667. The number of amides is 1. The fraction of sp³-hybridized carbons (Fsp3) is 0.133. The van der Waals surface area contributed by atoms with Crippen LogP contribution in [-0.4, -0.2) is 5.91 Å². The van der Waals surface area contributed by atoms with Crippen LogP contribution in [0.15, 0.2) is 57.5 Å². The summed E-state index contributed by atoms with van der Waals surface area (Å²) < 4.78 is 1.99. The normalized spacial score (nSPS) is 11.9. The highest BCUT2D eigenvalue weighted by atomic mass is 79.9. The Kier molecular flexibility index (Phi) is 4.77. The fourth-order valence-corrected chi connectivity index (χ4v) is 2.24. The number of rotatable bonds is 3. The molecule has 0 aliphatic carbocycles. The molecule has 0 saturated heterocycles. The molecule has 0 aliphatic heterocycles. The van der Waals surface area contributed by atoms with Crippen LogP contribution in [0.25, 0.3) is 0 Å². The summed E-state index contributed by atoms with van der Waals surface area (Å²) in [4.78, 5) is 12.1. The molecule has 1 atom stereocenters. The second-order valence-corrected chi connectivity index (χ2v) is 6.08. The molecule has 2 aromatic rings. The van der Waals surface area contributed by atoms with Gasteiger partial charge in [0.25, 0.3) is 5.91 Å². The Morgan fingerprint density at radius 2 is 1.42 bits per heavy atom. The molecule has 98 valence electrons. The molecule has 0 saturated carbocycles. The number of nitrogens with one attached hydrogen (secondary N) is 1. The summed E-state index contributed by atoms with van der Waals surface area (Å²) in [6.07, 6.45) is 0. The molecular formula is C15H13Br2NO. The summed E-state index contributed by atoms with van der Waals surface area (Å²) in [6, 6.07) is 15.2. The fourth-order valence-electron chi connectivity index (χ4n) is 1.72. The maximum atomic E-state index is 12.1. The summed E-state index contributed by atoms with van der Waals surface area (Å²) >= 11 is 6.75. The van der Waals surface area contributed by atoms with Crippen LogP contribution in [0.1, 0.15) is 28.9 Å². The third kappa shape index (κ3) is 3.91. The topological polar surface area (TPSA) is 29.1 Å². The van der Waals surface area contributed by atoms with Gasteiger partial charge in [-0.3, -0.25) is 4.79 Å². The largest absolute Gasteiger partial charge is 0.346 e. The van der Waals surface area contributed by atoms with Gasteiger partial charge in [0.05, 0.1) is 6.04 Å². The number of hydrogen-bond acceptors (Lipinski definition) is 1. The minimum absolute atomic E-state index is 0.0238. The predicted molar refractivity (Wildman–Crippen MR) is 84.2 cm³/mol. The highest BCUT2D eigenvalue weighted by molar-refractivity contribution is 9.10. The first kappa shape index (κ1) is 14.3. The average Bonchev–Trinajstić information content (AvgIpc) is 2.40. The van der Waals surface area contributed by atoms with E-state index in [4.69, 9.17) is 0 Å². The molecule has 2 aromatic carbocycles. The SMILES string of the molecule is CC(NC(=O)c1ccc(Br)cc1)c1ccc(Br)cc1. The molecule has 2 rings (SSSR count). The Hall–Kier alpha value is -1.13. The zero-order valence-electron chi connectivity index (χ0n) is 10.4. The maximum Gasteiger partial charge on any atom is 0.251 e. The lowest BCUT2D eigenvalue weighted by Gasteiger charge is -2.14. The van der Waals surface area contributed by atoms with E-state index in [9.17, 15) is 4.79 Å². The molecule has 1 unspecified atom stereocenters. The zero-order chi connectivity index (χ0) is 13.8. The van der Waals surface area contributed by atoms with E-state index < -0.39 is 0 Å². The lowest BCUT2D eigenvalue weighted by Crippen LogP contribution is -2.26. The number of benzene rings is 2. The highest BCUT2D eigenvalue weighted by Gasteiger charge is 2.11. The number of carbonyl (C=O) groups excluding carboxylic acids is 1. The van der Waals surface area contributed by atoms with Gasteiger partial charge in [-0.15, -0.1) is 0 Å². The second kappa shape index (κ2) is 6.35. The van der Waals surface area contributed by atoms with Crippen molar-refractivity contribution >= 4 is 37.8 Å². The predicted octanol–water partition coefficient (Wildman–Crippen LogP) is 4.70. The van der Waals surface area contributed by atoms with Gasteiger partial charge in [-0.25, -0.2) is 0 Å². The van der Waals surface area contributed by atoms with Crippen molar-refractivity contribution in [2.45, 2.75) is 13.0 Å². The van der Waals surface area contributed by atoms with E-state index in [1.807, 2.05) is 43.3 Å². The van der Waals surface area contributed by atoms with Crippen molar-refractivity contribution in [3.05, 3.63) is 68.6 Å². The molecule has 0 fully saturated rings. The number of carbonyl (C=O) groups is 1. The van der Waals surface area contributed by atoms with E-state index >= 15 is 0 Å².